The second-order valence-corrected chi connectivity index (χ2v) is 3.82. The van der Waals surface area contributed by atoms with Crippen LogP contribution in [-0.2, 0) is 13.0 Å². The number of aromatic amines is 1. The van der Waals surface area contributed by atoms with Gasteiger partial charge < -0.3 is 10.3 Å². The zero-order valence-electron chi connectivity index (χ0n) is 8.03. The summed E-state index contributed by atoms with van der Waals surface area (Å²) < 4.78 is 26.1. The van der Waals surface area contributed by atoms with Crippen LogP contribution in [0.4, 0.5) is 8.78 Å². The lowest BCUT2D eigenvalue weighted by molar-refractivity contribution is 0.511. The highest BCUT2D eigenvalue weighted by atomic mass is 19.2. The monoisotopic (exact) mass is 208 g/mol. The van der Waals surface area contributed by atoms with Gasteiger partial charge in [-0.15, -0.1) is 0 Å². The number of hydrogen-bond donors (Lipinski definition) is 2. The smallest absolute Gasteiger partial charge is 0.160 e. The number of fused-ring (bicyclic) bond motifs is 3. The molecule has 0 saturated heterocycles. The van der Waals surface area contributed by atoms with E-state index < -0.39 is 11.6 Å². The molecule has 2 nitrogen and oxygen atoms in total. The summed E-state index contributed by atoms with van der Waals surface area (Å²) in [6, 6.07) is 2.51. The molecule has 0 aliphatic carbocycles. The number of halogens is 2. The molecule has 0 unspecified atom stereocenters. The van der Waals surface area contributed by atoms with Gasteiger partial charge in [0, 0.05) is 29.2 Å². The second-order valence-electron chi connectivity index (χ2n) is 3.82. The van der Waals surface area contributed by atoms with Crippen LogP contribution >= 0.6 is 0 Å². The maximum atomic E-state index is 13.1. The van der Waals surface area contributed by atoms with Crippen molar-refractivity contribution >= 4 is 10.9 Å². The van der Waals surface area contributed by atoms with E-state index in [1.54, 1.807) is 0 Å². The number of benzene rings is 1. The summed E-state index contributed by atoms with van der Waals surface area (Å²) in [6.45, 7) is 1.63. The van der Waals surface area contributed by atoms with Gasteiger partial charge >= 0.3 is 0 Å². The molecule has 1 aromatic heterocycles. The molecule has 0 amide bonds. The van der Waals surface area contributed by atoms with E-state index >= 15 is 0 Å². The maximum Gasteiger partial charge on any atom is 0.160 e. The minimum Gasteiger partial charge on any atom is -0.357 e. The van der Waals surface area contributed by atoms with E-state index in [4.69, 9.17) is 0 Å². The molecule has 0 spiro atoms. The molecule has 1 aliphatic heterocycles. The molecule has 0 atom stereocenters. The molecule has 2 aromatic rings. The summed E-state index contributed by atoms with van der Waals surface area (Å²) in [7, 11) is 0. The van der Waals surface area contributed by atoms with E-state index in [9.17, 15) is 8.78 Å². The van der Waals surface area contributed by atoms with Crippen LogP contribution in [-0.4, -0.2) is 11.5 Å². The van der Waals surface area contributed by atoms with Gasteiger partial charge in [-0.2, -0.15) is 0 Å². The van der Waals surface area contributed by atoms with Crippen molar-refractivity contribution in [3.8, 4) is 0 Å². The predicted octanol–water partition coefficient (Wildman–Crippen LogP) is 2.09. The second kappa shape index (κ2) is 3.03. The number of aromatic nitrogens is 1. The van der Waals surface area contributed by atoms with Gasteiger partial charge in [-0.3, -0.25) is 0 Å². The largest absolute Gasteiger partial charge is 0.357 e. The Hall–Kier alpha value is -1.42. The quantitative estimate of drug-likeness (QED) is 0.681. The molecule has 2 N–H and O–H groups in total. The summed E-state index contributed by atoms with van der Waals surface area (Å²) >= 11 is 0. The molecule has 2 heterocycles. The number of rotatable bonds is 0. The SMILES string of the molecule is Fc1cc2[nH]c3c(c2cc1F)CCNC3. The lowest BCUT2D eigenvalue weighted by Crippen LogP contribution is -2.22. The van der Waals surface area contributed by atoms with Crippen molar-refractivity contribution in [1.82, 2.24) is 10.3 Å². The molecule has 78 valence electrons. The maximum absolute atomic E-state index is 13.1. The van der Waals surface area contributed by atoms with Crippen LogP contribution in [0.2, 0.25) is 0 Å². The number of hydrogen-bond acceptors (Lipinski definition) is 1. The van der Waals surface area contributed by atoms with Crippen LogP contribution in [0.5, 0.6) is 0 Å². The van der Waals surface area contributed by atoms with Crippen LogP contribution in [0.1, 0.15) is 11.3 Å². The van der Waals surface area contributed by atoms with Crippen molar-refractivity contribution < 1.29 is 8.78 Å². The highest BCUT2D eigenvalue weighted by molar-refractivity contribution is 5.85. The third-order valence-corrected chi connectivity index (χ3v) is 2.89. The molecule has 0 fully saturated rings. The average molecular weight is 208 g/mol. The standard InChI is InChI=1S/C11H10F2N2/c12-8-3-7-6-1-2-14-5-11(6)15-10(7)4-9(8)13/h3-4,14-15H,1-2,5H2. The van der Waals surface area contributed by atoms with E-state index in [1.807, 2.05) is 0 Å². The van der Waals surface area contributed by atoms with Crippen molar-refractivity contribution in [3.05, 3.63) is 35.0 Å². The van der Waals surface area contributed by atoms with Crippen LogP contribution in [0.3, 0.4) is 0 Å². The number of nitrogens with one attached hydrogen (secondary N) is 2. The Morgan fingerprint density at radius 3 is 2.80 bits per heavy atom. The molecular formula is C11H10F2N2. The van der Waals surface area contributed by atoms with Gasteiger partial charge in [0.2, 0.25) is 0 Å². The van der Waals surface area contributed by atoms with Crippen LogP contribution in [0, 0.1) is 11.6 Å². The third-order valence-electron chi connectivity index (χ3n) is 2.89. The first-order valence-corrected chi connectivity index (χ1v) is 4.95. The molecule has 4 heteroatoms. The van der Waals surface area contributed by atoms with Gasteiger partial charge in [-0.1, -0.05) is 0 Å². The first kappa shape index (κ1) is 8.85. The van der Waals surface area contributed by atoms with Crippen molar-refractivity contribution in [2.75, 3.05) is 6.54 Å². The minimum absolute atomic E-state index is 0.683. The Kier molecular flexibility index (Phi) is 1.79. The van der Waals surface area contributed by atoms with Crippen LogP contribution in [0.25, 0.3) is 10.9 Å². The topological polar surface area (TPSA) is 27.8 Å². The summed E-state index contributed by atoms with van der Waals surface area (Å²) in [6.07, 6.45) is 0.862. The Morgan fingerprint density at radius 2 is 1.93 bits per heavy atom. The summed E-state index contributed by atoms with van der Waals surface area (Å²) in [5.74, 6) is -1.57. The molecule has 3 rings (SSSR count). The molecule has 0 saturated carbocycles. The zero-order valence-corrected chi connectivity index (χ0v) is 8.03. The lowest BCUT2D eigenvalue weighted by atomic mass is 10.0. The zero-order chi connectivity index (χ0) is 10.4. The van der Waals surface area contributed by atoms with Gasteiger partial charge in [-0.05, 0) is 24.6 Å². The molecular weight excluding hydrogens is 198 g/mol. The van der Waals surface area contributed by atoms with Gasteiger partial charge in [0.1, 0.15) is 0 Å². The normalized spacial score (nSPS) is 15.6. The van der Waals surface area contributed by atoms with Crippen molar-refractivity contribution in [2.24, 2.45) is 0 Å². The Morgan fingerprint density at radius 1 is 1.13 bits per heavy atom. The molecule has 1 aromatic carbocycles. The van der Waals surface area contributed by atoms with Gasteiger partial charge in [-0.25, -0.2) is 8.78 Å². The van der Waals surface area contributed by atoms with E-state index in [1.165, 1.54) is 12.1 Å². The van der Waals surface area contributed by atoms with Crippen molar-refractivity contribution in [2.45, 2.75) is 13.0 Å². The van der Waals surface area contributed by atoms with E-state index in [2.05, 4.69) is 10.3 Å². The Bertz CT molecular complexity index is 531. The summed E-state index contributed by atoms with van der Waals surface area (Å²) in [4.78, 5) is 3.11. The van der Waals surface area contributed by atoms with Crippen molar-refractivity contribution in [1.29, 1.82) is 0 Å². The average Bonchev–Trinajstić information content (AvgIpc) is 2.57. The third kappa shape index (κ3) is 1.25. The Balaban J connectivity index is 2.33. The first-order chi connectivity index (χ1) is 7.25. The molecule has 15 heavy (non-hydrogen) atoms. The molecule has 1 aliphatic rings. The minimum atomic E-state index is -0.797. The highest BCUT2D eigenvalue weighted by Gasteiger charge is 2.16. The Labute approximate surface area is 85.3 Å². The lowest BCUT2D eigenvalue weighted by Gasteiger charge is -2.12. The van der Waals surface area contributed by atoms with E-state index in [-0.39, 0.29) is 0 Å². The predicted molar refractivity (Wildman–Crippen MR) is 53.6 cm³/mol. The van der Waals surface area contributed by atoms with E-state index in [0.29, 0.717) is 5.52 Å². The summed E-state index contributed by atoms with van der Waals surface area (Å²) in [5.41, 5.74) is 2.84. The van der Waals surface area contributed by atoms with Gasteiger partial charge in [0.15, 0.2) is 11.6 Å². The number of H-pyrrole nitrogens is 1. The van der Waals surface area contributed by atoms with Crippen molar-refractivity contribution in [3.63, 3.8) is 0 Å². The van der Waals surface area contributed by atoms with Crippen LogP contribution in [0.15, 0.2) is 12.1 Å². The first-order valence-electron chi connectivity index (χ1n) is 4.95. The fourth-order valence-electron chi connectivity index (χ4n) is 2.16. The fourth-order valence-corrected chi connectivity index (χ4v) is 2.16. The van der Waals surface area contributed by atoms with Crippen LogP contribution < -0.4 is 5.32 Å². The highest BCUT2D eigenvalue weighted by Crippen LogP contribution is 2.26. The molecule has 0 radical (unpaired) electrons. The van der Waals surface area contributed by atoms with Gasteiger partial charge in [0.05, 0.1) is 0 Å². The summed E-state index contributed by atoms with van der Waals surface area (Å²) in [5, 5.41) is 4.02. The van der Waals surface area contributed by atoms with Gasteiger partial charge in [0.25, 0.3) is 0 Å². The molecule has 0 bridgehead atoms. The fraction of sp³-hybridized carbons (Fsp3) is 0.273. The van der Waals surface area contributed by atoms with E-state index in [0.717, 1.165) is 36.2 Å².